The van der Waals surface area contributed by atoms with Crippen LogP contribution in [0.25, 0.3) is 5.57 Å². The van der Waals surface area contributed by atoms with E-state index in [4.69, 9.17) is 0 Å². The topological polar surface area (TPSA) is 51.2 Å². The van der Waals surface area contributed by atoms with Gasteiger partial charge in [0.25, 0.3) is 0 Å². The molecule has 4 heteroatoms. The third-order valence-electron chi connectivity index (χ3n) is 5.27. The van der Waals surface area contributed by atoms with E-state index in [1.807, 2.05) is 37.3 Å². The number of allylic oxidation sites excluding steroid dienone is 4. The molecule has 0 fully saturated rings. The van der Waals surface area contributed by atoms with Crippen molar-refractivity contribution in [2.24, 2.45) is 5.92 Å². The Kier molecular flexibility index (Phi) is 4.16. The first kappa shape index (κ1) is 17.0. The van der Waals surface area contributed by atoms with E-state index in [1.165, 1.54) is 0 Å². The highest BCUT2D eigenvalue weighted by Crippen LogP contribution is 2.48. The normalized spacial score (nSPS) is 20.5. The number of carbonyl (C=O) groups is 1. The number of rotatable bonds is 3. The van der Waals surface area contributed by atoms with Crippen molar-refractivity contribution in [2.75, 3.05) is 0 Å². The van der Waals surface area contributed by atoms with Gasteiger partial charge in [-0.1, -0.05) is 55.5 Å². The Morgan fingerprint density at radius 1 is 0.885 bits per heavy atom. The molecule has 0 N–H and O–H groups in total. The minimum absolute atomic E-state index is 0.0314. The summed E-state index contributed by atoms with van der Waals surface area (Å²) in [6.45, 7) is 1.83. The second-order valence-corrected chi connectivity index (χ2v) is 8.78. The summed E-state index contributed by atoms with van der Waals surface area (Å²) in [5.41, 5.74) is 3.25. The highest BCUT2D eigenvalue weighted by Gasteiger charge is 2.41. The van der Waals surface area contributed by atoms with E-state index < -0.39 is 15.8 Å². The van der Waals surface area contributed by atoms with Gasteiger partial charge < -0.3 is 0 Å². The fraction of sp³-hybridized carbons (Fsp3) is 0.227. The SMILES string of the molecule is CC1C(=O)C(c2ccccc2)=C2CCCC(S(=O)(=O)c3ccccc3)=C21. The van der Waals surface area contributed by atoms with Crippen LogP contribution in [0.15, 0.2) is 81.6 Å². The number of hydrogen-bond acceptors (Lipinski definition) is 3. The quantitative estimate of drug-likeness (QED) is 0.801. The summed E-state index contributed by atoms with van der Waals surface area (Å²) in [5.74, 6) is -0.377. The van der Waals surface area contributed by atoms with Gasteiger partial charge in [-0.2, -0.15) is 0 Å². The third kappa shape index (κ3) is 2.56. The number of Topliss-reactive ketones (excluding diaryl/α,β-unsaturated/α-hetero) is 1. The molecule has 4 rings (SSSR count). The molecule has 0 heterocycles. The first-order valence-corrected chi connectivity index (χ1v) is 10.4. The molecular weight excluding hydrogens is 344 g/mol. The van der Waals surface area contributed by atoms with Gasteiger partial charge in [-0.25, -0.2) is 8.42 Å². The number of sulfone groups is 1. The molecule has 2 aromatic carbocycles. The fourth-order valence-electron chi connectivity index (χ4n) is 4.06. The average molecular weight is 364 g/mol. The summed E-state index contributed by atoms with van der Waals surface area (Å²) < 4.78 is 26.5. The first-order chi connectivity index (χ1) is 12.5. The zero-order valence-corrected chi connectivity index (χ0v) is 15.4. The standard InChI is InChI=1S/C22H20O3S/c1-15-20-18(21(22(15)23)16-9-4-2-5-10-16)13-8-14-19(20)26(24,25)17-11-6-3-7-12-17/h2-7,9-12,15H,8,13-14H2,1H3. The van der Waals surface area contributed by atoms with Gasteiger partial charge in [-0.15, -0.1) is 0 Å². The predicted molar refractivity (Wildman–Crippen MR) is 102 cm³/mol. The maximum absolute atomic E-state index is 13.2. The molecule has 2 aliphatic rings. The molecule has 3 nitrogen and oxygen atoms in total. The number of carbonyl (C=O) groups excluding carboxylic acids is 1. The zero-order chi connectivity index (χ0) is 18.3. The van der Waals surface area contributed by atoms with E-state index in [-0.39, 0.29) is 5.78 Å². The summed E-state index contributed by atoms with van der Waals surface area (Å²) >= 11 is 0. The molecule has 2 aliphatic carbocycles. The van der Waals surface area contributed by atoms with E-state index in [2.05, 4.69) is 0 Å². The minimum atomic E-state index is -3.58. The van der Waals surface area contributed by atoms with E-state index in [0.29, 0.717) is 21.8 Å². The van der Waals surface area contributed by atoms with Crippen molar-refractivity contribution in [2.45, 2.75) is 31.1 Å². The van der Waals surface area contributed by atoms with Gasteiger partial charge in [0.2, 0.25) is 9.84 Å². The maximum Gasteiger partial charge on any atom is 0.203 e. The number of hydrogen-bond donors (Lipinski definition) is 0. The Bertz CT molecular complexity index is 1030. The van der Waals surface area contributed by atoms with Gasteiger partial charge in [0.15, 0.2) is 5.78 Å². The van der Waals surface area contributed by atoms with Crippen molar-refractivity contribution in [1.29, 1.82) is 0 Å². The Morgan fingerprint density at radius 3 is 2.15 bits per heavy atom. The van der Waals surface area contributed by atoms with Crippen LogP contribution >= 0.6 is 0 Å². The lowest BCUT2D eigenvalue weighted by molar-refractivity contribution is -0.115. The first-order valence-electron chi connectivity index (χ1n) is 8.88. The summed E-state index contributed by atoms with van der Waals surface area (Å²) in [6.07, 6.45) is 2.00. The Labute approximate surface area is 154 Å². The van der Waals surface area contributed by atoms with E-state index in [1.54, 1.807) is 30.3 Å². The van der Waals surface area contributed by atoms with Crippen molar-refractivity contribution in [1.82, 2.24) is 0 Å². The molecule has 0 bridgehead atoms. The van der Waals surface area contributed by atoms with Gasteiger partial charge in [-0.3, -0.25) is 4.79 Å². The summed E-state index contributed by atoms with van der Waals surface area (Å²) in [4.78, 5) is 13.7. The molecule has 0 saturated heterocycles. The Hall–Kier alpha value is -2.46. The third-order valence-corrected chi connectivity index (χ3v) is 7.24. The molecule has 1 atom stereocenters. The Balaban J connectivity index is 1.95. The van der Waals surface area contributed by atoms with Crippen LogP contribution in [0.4, 0.5) is 0 Å². The molecule has 0 aliphatic heterocycles. The molecule has 2 aromatic rings. The van der Waals surface area contributed by atoms with Crippen LogP contribution in [0.5, 0.6) is 0 Å². The summed E-state index contributed by atoms with van der Waals surface area (Å²) in [7, 11) is -3.58. The molecule has 0 saturated carbocycles. The van der Waals surface area contributed by atoms with Crippen LogP contribution in [0.3, 0.4) is 0 Å². The number of ketones is 1. The molecular formula is C22H20O3S. The van der Waals surface area contributed by atoms with Gasteiger partial charge >= 0.3 is 0 Å². The second-order valence-electron chi connectivity index (χ2n) is 6.81. The highest BCUT2D eigenvalue weighted by molar-refractivity contribution is 7.95. The van der Waals surface area contributed by atoms with Crippen molar-refractivity contribution >= 4 is 21.2 Å². The molecule has 0 radical (unpaired) electrons. The zero-order valence-electron chi connectivity index (χ0n) is 14.6. The van der Waals surface area contributed by atoms with Gasteiger partial charge in [0.1, 0.15) is 0 Å². The van der Waals surface area contributed by atoms with Crippen molar-refractivity contribution in [3.05, 3.63) is 82.3 Å². The van der Waals surface area contributed by atoms with Crippen LogP contribution in [-0.4, -0.2) is 14.2 Å². The van der Waals surface area contributed by atoms with Crippen molar-refractivity contribution in [3.8, 4) is 0 Å². The molecule has 26 heavy (non-hydrogen) atoms. The number of benzene rings is 2. The molecule has 1 unspecified atom stereocenters. The molecule has 0 spiro atoms. The van der Waals surface area contributed by atoms with E-state index >= 15 is 0 Å². The maximum atomic E-state index is 13.2. The van der Waals surface area contributed by atoms with Gasteiger partial charge in [0.05, 0.1) is 9.80 Å². The van der Waals surface area contributed by atoms with E-state index in [9.17, 15) is 13.2 Å². The lowest BCUT2D eigenvalue weighted by atomic mass is 9.90. The van der Waals surface area contributed by atoms with Crippen molar-refractivity contribution < 1.29 is 13.2 Å². The summed E-state index contributed by atoms with van der Waals surface area (Å²) in [6, 6.07) is 18.1. The molecule has 0 aromatic heterocycles. The number of fused-ring (bicyclic) bond motifs is 1. The molecule has 132 valence electrons. The van der Waals surface area contributed by atoms with Crippen LogP contribution in [0, 0.1) is 5.92 Å². The fourth-order valence-corrected chi connectivity index (χ4v) is 5.87. The Morgan fingerprint density at radius 2 is 1.50 bits per heavy atom. The van der Waals surface area contributed by atoms with Gasteiger partial charge in [-0.05, 0) is 48.1 Å². The molecule has 0 amide bonds. The van der Waals surface area contributed by atoms with Crippen molar-refractivity contribution in [3.63, 3.8) is 0 Å². The van der Waals surface area contributed by atoms with Crippen LogP contribution in [0.1, 0.15) is 31.7 Å². The monoisotopic (exact) mass is 364 g/mol. The van der Waals surface area contributed by atoms with Crippen LogP contribution < -0.4 is 0 Å². The smallest absolute Gasteiger partial charge is 0.203 e. The summed E-state index contributed by atoms with van der Waals surface area (Å²) in [5, 5.41) is 0. The lowest BCUT2D eigenvalue weighted by Gasteiger charge is -2.22. The average Bonchev–Trinajstić information content (AvgIpc) is 2.94. The minimum Gasteiger partial charge on any atom is -0.293 e. The van der Waals surface area contributed by atoms with E-state index in [0.717, 1.165) is 29.6 Å². The van der Waals surface area contributed by atoms with Crippen LogP contribution in [-0.2, 0) is 14.6 Å². The predicted octanol–water partition coefficient (Wildman–Crippen LogP) is 4.57. The second kappa shape index (κ2) is 6.36. The lowest BCUT2D eigenvalue weighted by Crippen LogP contribution is -2.16. The van der Waals surface area contributed by atoms with Crippen LogP contribution in [0.2, 0.25) is 0 Å². The van der Waals surface area contributed by atoms with Gasteiger partial charge in [0, 0.05) is 11.5 Å². The highest BCUT2D eigenvalue weighted by atomic mass is 32.2. The largest absolute Gasteiger partial charge is 0.293 e.